The Balaban J connectivity index is 1.76. The highest BCUT2D eigenvalue weighted by Crippen LogP contribution is 2.31. The lowest BCUT2D eigenvalue weighted by Gasteiger charge is -2.39. The second kappa shape index (κ2) is 8.93. The molecule has 2 aromatic carbocycles. The van der Waals surface area contributed by atoms with Crippen molar-refractivity contribution in [3.63, 3.8) is 0 Å². The minimum atomic E-state index is -1.68. The van der Waals surface area contributed by atoms with Crippen LogP contribution in [0.1, 0.15) is 17.3 Å². The molecule has 1 aliphatic rings. The van der Waals surface area contributed by atoms with Gasteiger partial charge in [0, 0.05) is 6.07 Å². The van der Waals surface area contributed by atoms with E-state index in [1.54, 1.807) is 12.1 Å². The summed E-state index contributed by atoms with van der Waals surface area (Å²) >= 11 is 0. The summed E-state index contributed by atoms with van der Waals surface area (Å²) in [7, 11) is 0. The highest BCUT2D eigenvalue weighted by Gasteiger charge is 2.45. The van der Waals surface area contributed by atoms with Crippen LogP contribution in [0.4, 0.5) is 0 Å². The Morgan fingerprint density at radius 1 is 1.06 bits per heavy atom. The normalized spacial score (nSPS) is 25.2. The predicted molar refractivity (Wildman–Crippen MR) is 114 cm³/mol. The number of carbonyl (C=O) groups excluding carboxylic acids is 1. The summed E-state index contributed by atoms with van der Waals surface area (Å²) in [5, 5.41) is 49.0. The Labute approximate surface area is 186 Å². The fourth-order valence-corrected chi connectivity index (χ4v) is 3.66. The third kappa shape index (κ3) is 4.22. The zero-order chi connectivity index (χ0) is 23.9. The number of fused-ring (bicyclic) bond motifs is 1. The third-order valence-electron chi connectivity index (χ3n) is 5.52. The molecule has 4 rings (SSSR count). The summed E-state index contributed by atoms with van der Waals surface area (Å²) in [6, 6.07) is 8.54. The molecule has 10 nitrogen and oxygen atoms in total. The van der Waals surface area contributed by atoms with Gasteiger partial charge in [0.15, 0.2) is 5.78 Å². The van der Waals surface area contributed by atoms with E-state index in [1.165, 1.54) is 37.5 Å². The van der Waals surface area contributed by atoms with Crippen molar-refractivity contribution in [2.45, 2.75) is 37.6 Å². The molecule has 0 aliphatic carbocycles. The Kier molecular flexibility index (Phi) is 6.19. The van der Waals surface area contributed by atoms with Gasteiger partial charge in [-0.05, 0) is 30.7 Å². The van der Waals surface area contributed by atoms with Gasteiger partial charge >= 0.3 is 0 Å². The van der Waals surface area contributed by atoms with Crippen molar-refractivity contribution in [1.82, 2.24) is 0 Å². The molecule has 10 heteroatoms. The molecule has 1 aliphatic heterocycles. The van der Waals surface area contributed by atoms with Crippen molar-refractivity contribution in [1.29, 1.82) is 0 Å². The average Bonchev–Trinajstić information content (AvgIpc) is 2.80. The fraction of sp³-hybridized carbons (Fsp3) is 0.304. The summed E-state index contributed by atoms with van der Waals surface area (Å²) in [6.07, 6.45) is -6.37. The number of aromatic hydroxyl groups is 1. The van der Waals surface area contributed by atoms with E-state index in [1.807, 2.05) is 0 Å². The van der Waals surface area contributed by atoms with E-state index in [2.05, 4.69) is 0 Å². The van der Waals surface area contributed by atoms with E-state index in [9.17, 15) is 35.1 Å². The van der Waals surface area contributed by atoms with Crippen molar-refractivity contribution in [2.24, 2.45) is 0 Å². The van der Waals surface area contributed by atoms with E-state index in [-0.39, 0.29) is 33.6 Å². The Bertz CT molecular complexity index is 1230. The van der Waals surface area contributed by atoms with Crippen LogP contribution in [-0.2, 0) is 4.74 Å². The molecule has 1 fully saturated rings. The van der Waals surface area contributed by atoms with Gasteiger partial charge in [0.1, 0.15) is 47.8 Å². The van der Waals surface area contributed by atoms with Crippen LogP contribution in [0.3, 0.4) is 0 Å². The standard InChI is InChI=1S/C23H22O10/c1-10(25)13-6-14-16(31-9-15(19(14)27)11-2-4-12(26)5-3-11)7-17(13)32-23-22(30)21(29)20(28)18(8-24)33-23/h2-7,9,18,20-24,26,28-30H,8H2,1H3/t18-,20-,21+,22-,23-/m1/s1. The third-order valence-corrected chi connectivity index (χ3v) is 5.52. The Morgan fingerprint density at radius 3 is 2.39 bits per heavy atom. The number of aliphatic hydroxyl groups is 4. The van der Waals surface area contributed by atoms with Gasteiger partial charge in [-0.1, -0.05) is 12.1 Å². The molecule has 0 unspecified atom stereocenters. The lowest BCUT2D eigenvalue weighted by molar-refractivity contribution is -0.277. The molecule has 1 saturated heterocycles. The van der Waals surface area contributed by atoms with Crippen LogP contribution in [0.2, 0.25) is 0 Å². The van der Waals surface area contributed by atoms with Crippen LogP contribution in [0.25, 0.3) is 22.1 Å². The van der Waals surface area contributed by atoms with Gasteiger partial charge in [-0.15, -0.1) is 0 Å². The largest absolute Gasteiger partial charge is 0.508 e. The average molecular weight is 458 g/mol. The second-order valence-corrected chi connectivity index (χ2v) is 7.74. The number of hydrogen-bond acceptors (Lipinski definition) is 10. The Hall–Kier alpha value is -3.28. The molecule has 3 aromatic rings. The number of phenols is 1. The number of Topliss-reactive ketones (excluding diaryl/α,β-unsaturated/α-hetero) is 1. The summed E-state index contributed by atoms with van der Waals surface area (Å²) in [5.41, 5.74) is 0.402. The predicted octanol–water partition coefficient (Wildman–Crippen LogP) is 0.547. The van der Waals surface area contributed by atoms with Crippen molar-refractivity contribution in [3.05, 3.63) is 58.4 Å². The van der Waals surface area contributed by atoms with Gasteiger partial charge in [-0.3, -0.25) is 9.59 Å². The number of hydrogen-bond donors (Lipinski definition) is 5. The van der Waals surface area contributed by atoms with Gasteiger partial charge in [-0.2, -0.15) is 0 Å². The number of ketones is 1. The smallest absolute Gasteiger partial charge is 0.229 e. The summed E-state index contributed by atoms with van der Waals surface area (Å²) in [6.45, 7) is 0.615. The molecular weight excluding hydrogens is 436 g/mol. The maximum atomic E-state index is 13.1. The van der Waals surface area contributed by atoms with Crippen LogP contribution < -0.4 is 10.2 Å². The molecular formula is C23H22O10. The van der Waals surface area contributed by atoms with Gasteiger partial charge in [0.05, 0.1) is 23.1 Å². The Morgan fingerprint density at radius 2 is 1.76 bits per heavy atom. The van der Waals surface area contributed by atoms with Gasteiger partial charge in [0.2, 0.25) is 11.7 Å². The van der Waals surface area contributed by atoms with Crippen molar-refractivity contribution >= 4 is 16.8 Å². The van der Waals surface area contributed by atoms with E-state index < -0.39 is 48.5 Å². The van der Waals surface area contributed by atoms with Crippen molar-refractivity contribution in [3.8, 4) is 22.6 Å². The molecule has 0 saturated carbocycles. The lowest BCUT2D eigenvalue weighted by atomic mass is 9.99. The molecule has 1 aromatic heterocycles. The highest BCUT2D eigenvalue weighted by atomic mass is 16.7. The molecule has 0 bridgehead atoms. The highest BCUT2D eigenvalue weighted by molar-refractivity contribution is 6.01. The summed E-state index contributed by atoms with van der Waals surface area (Å²) < 4.78 is 16.6. The van der Waals surface area contributed by atoms with Crippen LogP contribution in [0.5, 0.6) is 11.5 Å². The number of rotatable bonds is 5. The lowest BCUT2D eigenvalue weighted by Crippen LogP contribution is -2.60. The molecule has 5 atom stereocenters. The van der Waals surface area contributed by atoms with Crippen LogP contribution in [0.15, 0.2) is 51.9 Å². The number of ether oxygens (including phenoxy) is 2. The van der Waals surface area contributed by atoms with Crippen molar-refractivity contribution in [2.75, 3.05) is 6.61 Å². The first kappa shape index (κ1) is 22.9. The van der Waals surface area contributed by atoms with Gasteiger partial charge in [0.25, 0.3) is 0 Å². The summed E-state index contributed by atoms with van der Waals surface area (Å²) in [4.78, 5) is 25.4. The zero-order valence-corrected chi connectivity index (χ0v) is 17.4. The molecule has 0 spiro atoms. The SMILES string of the molecule is CC(=O)c1cc2c(=O)c(-c3ccc(O)cc3)coc2cc1O[C@@H]1O[C@H](CO)[C@@H](O)[C@H](O)[C@H]1O. The minimum Gasteiger partial charge on any atom is -0.508 e. The number of phenolic OH excluding ortho intramolecular Hbond substituents is 1. The van der Waals surface area contributed by atoms with Gasteiger partial charge < -0.3 is 39.4 Å². The number of carbonyl (C=O) groups is 1. The second-order valence-electron chi connectivity index (χ2n) is 7.74. The minimum absolute atomic E-state index is 0.00498. The maximum absolute atomic E-state index is 13.1. The molecule has 0 amide bonds. The molecule has 174 valence electrons. The first-order valence-electron chi connectivity index (χ1n) is 10.1. The molecule has 5 N–H and O–H groups in total. The first-order chi connectivity index (χ1) is 15.7. The van der Waals surface area contributed by atoms with E-state index >= 15 is 0 Å². The topological polar surface area (TPSA) is 167 Å². The first-order valence-corrected chi connectivity index (χ1v) is 10.1. The van der Waals surface area contributed by atoms with E-state index in [0.29, 0.717) is 5.56 Å². The monoisotopic (exact) mass is 458 g/mol. The molecule has 2 heterocycles. The fourth-order valence-electron chi connectivity index (χ4n) is 3.66. The number of aliphatic hydroxyl groups excluding tert-OH is 4. The molecule has 0 radical (unpaired) electrons. The van der Waals surface area contributed by atoms with E-state index in [4.69, 9.17) is 13.9 Å². The molecule has 33 heavy (non-hydrogen) atoms. The van der Waals surface area contributed by atoms with Crippen molar-refractivity contribution < 1.29 is 44.2 Å². The van der Waals surface area contributed by atoms with Crippen LogP contribution in [-0.4, -0.2) is 68.6 Å². The van der Waals surface area contributed by atoms with E-state index in [0.717, 1.165) is 0 Å². The zero-order valence-electron chi connectivity index (χ0n) is 17.4. The van der Waals surface area contributed by atoms with Gasteiger partial charge in [-0.25, -0.2) is 0 Å². The number of benzene rings is 2. The van der Waals surface area contributed by atoms with Crippen LogP contribution >= 0.6 is 0 Å². The quantitative estimate of drug-likeness (QED) is 0.341. The maximum Gasteiger partial charge on any atom is 0.229 e. The van der Waals surface area contributed by atoms with Crippen LogP contribution in [0, 0.1) is 0 Å². The summed E-state index contributed by atoms with van der Waals surface area (Å²) in [5.74, 6) is -0.497.